The number of thiazole rings is 1. The predicted octanol–water partition coefficient (Wildman–Crippen LogP) is 3.09. The molecule has 0 saturated heterocycles. The van der Waals surface area contributed by atoms with Crippen LogP contribution in [0.4, 0.5) is 15.6 Å². The number of ether oxygens (including phenoxy) is 1. The second kappa shape index (κ2) is 9.09. The number of carbonyl (C=O) groups is 2. The third kappa shape index (κ3) is 5.45. The molecule has 0 atom stereocenters. The van der Waals surface area contributed by atoms with Crippen LogP contribution in [0.25, 0.3) is 10.2 Å². The van der Waals surface area contributed by atoms with Gasteiger partial charge in [-0.3, -0.25) is 9.52 Å². The Bertz CT molecular complexity index is 1170. The van der Waals surface area contributed by atoms with E-state index in [4.69, 9.17) is 4.74 Å². The first kappa shape index (κ1) is 21.5. The van der Waals surface area contributed by atoms with Crippen molar-refractivity contribution in [1.29, 1.82) is 0 Å². The molecular formula is C19H20N4O5S2. The summed E-state index contributed by atoms with van der Waals surface area (Å²) in [5.74, 6) is -0.534. The minimum Gasteiger partial charge on any atom is -0.465 e. The number of fused-ring (bicyclic) bond motifs is 1. The number of esters is 1. The maximum Gasteiger partial charge on any atom is 0.325 e. The highest BCUT2D eigenvalue weighted by molar-refractivity contribution is 7.93. The van der Waals surface area contributed by atoms with Gasteiger partial charge in [-0.15, -0.1) is 0 Å². The van der Waals surface area contributed by atoms with Gasteiger partial charge in [0, 0.05) is 5.69 Å². The number of hydrogen-bond donors (Lipinski definition) is 3. The zero-order chi connectivity index (χ0) is 21.7. The standard InChI is InChI=1S/C19H20N4O5S2/c1-3-28-17(24)11-20-18(25)21-13-6-9-16-15(10-13)22-19(29-16)23-30(26,27)14-7-4-12(2)5-8-14/h4-10H,3,11H2,1-2H3,(H,22,23)(H2,20,21,25). The quantitative estimate of drug-likeness (QED) is 0.477. The third-order valence-electron chi connectivity index (χ3n) is 3.90. The SMILES string of the molecule is CCOC(=O)CNC(=O)Nc1ccc2sc(NS(=O)(=O)c3ccc(C)cc3)nc2c1. The summed E-state index contributed by atoms with van der Waals surface area (Å²) in [6.07, 6.45) is 0. The first-order valence-corrected chi connectivity index (χ1v) is 11.3. The minimum absolute atomic E-state index is 0.146. The van der Waals surface area contributed by atoms with Gasteiger partial charge >= 0.3 is 12.0 Å². The number of nitrogens with one attached hydrogen (secondary N) is 3. The molecule has 2 aromatic carbocycles. The lowest BCUT2D eigenvalue weighted by Crippen LogP contribution is -2.34. The van der Waals surface area contributed by atoms with Crippen LogP contribution in [0, 0.1) is 6.92 Å². The van der Waals surface area contributed by atoms with Crippen molar-refractivity contribution in [2.75, 3.05) is 23.2 Å². The van der Waals surface area contributed by atoms with Gasteiger partial charge < -0.3 is 15.4 Å². The number of carbonyl (C=O) groups excluding carboxylic acids is 2. The van der Waals surface area contributed by atoms with Crippen LogP contribution in [0.15, 0.2) is 47.4 Å². The Morgan fingerprint density at radius 3 is 2.57 bits per heavy atom. The molecule has 0 fully saturated rings. The summed E-state index contributed by atoms with van der Waals surface area (Å²) in [5.41, 5.74) is 1.92. The van der Waals surface area contributed by atoms with E-state index >= 15 is 0 Å². The average molecular weight is 449 g/mol. The zero-order valence-corrected chi connectivity index (χ0v) is 17.9. The van der Waals surface area contributed by atoms with Crippen molar-refractivity contribution in [1.82, 2.24) is 10.3 Å². The Morgan fingerprint density at radius 1 is 1.13 bits per heavy atom. The van der Waals surface area contributed by atoms with Crippen molar-refractivity contribution >= 4 is 54.4 Å². The largest absolute Gasteiger partial charge is 0.465 e. The molecule has 1 aromatic heterocycles. The molecule has 0 aliphatic carbocycles. The van der Waals surface area contributed by atoms with Crippen LogP contribution >= 0.6 is 11.3 Å². The summed E-state index contributed by atoms with van der Waals surface area (Å²) >= 11 is 1.18. The predicted molar refractivity (Wildman–Crippen MR) is 115 cm³/mol. The van der Waals surface area contributed by atoms with E-state index in [1.807, 2.05) is 6.92 Å². The van der Waals surface area contributed by atoms with E-state index in [0.717, 1.165) is 10.3 Å². The molecule has 3 aromatic rings. The van der Waals surface area contributed by atoms with Crippen LogP contribution < -0.4 is 15.4 Å². The van der Waals surface area contributed by atoms with Crippen LogP contribution in [0.5, 0.6) is 0 Å². The normalized spacial score (nSPS) is 11.1. The second-order valence-corrected chi connectivity index (χ2v) is 8.95. The lowest BCUT2D eigenvalue weighted by molar-refractivity contribution is -0.141. The van der Waals surface area contributed by atoms with Gasteiger partial charge in [0.15, 0.2) is 5.13 Å². The fraction of sp³-hybridized carbons (Fsp3) is 0.211. The Balaban J connectivity index is 1.69. The van der Waals surface area contributed by atoms with Gasteiger partial charge in [-0.2, -0.15) is 0 Å². The van der Waals surface area contributed by atoms with E-state index in [2.05, 4.69) is 20.3 Å². The molecule has 9 nitrogen and oxygen atoms in total. The highest BCUT2D eigenvalue weighted by atomic mass is 32.2. The van der Waals surface area contributed by atoms with E-state index in [-0.39, 0.29) is 23.2 Å². The van der Waals surface area contributed by atoms with Crippen LogP contribution in [-0.4, -0.2) is 38.6 Å². The molecule has 3 rings (SSSR count). The molecule has 158 valence electrons. The molecule has 3 N–H and O–H groups in total. The van der Waals surface area contributed by atoms with Gasteiger partial charge in [0.2, 0.25) is 0 Å². The fourth-order valence-electron chi connectivity index (χ4n) is 2.48. The molecule has 0 radical (unpaired) electrons. The molecule has 0 bridgehead atoms. The summed E-state index contributed by atoms with van der Waals surface area (Å²) in [6.45, 7) is 3.54. The van der Waals surface area contributed by atoms with Crippen molar-refractivity contribution in [3.05, 3.63) is 48.0 Å². The molecule has 30 heavy (non-hydrogen) atoms. The fourth-order valence-corrected chi connectivity index (χ4v) is 4.56. The van der Waals surface area contributed by atoms with Gasteiger partial charge in [0.05, 0.1) is 21.7 Å². The van der Waals surface area contributed by atoms with Crippen LogP contribution in [-0.2, 0) is 19.6 Å². The number of nitrogens with zero attached hydrogens (tertiary/aromatic N) is 1. The maximum atomic E-state index is 12.5. The maximum absolute atomic E-state index is 12.5. The first-order valence-electron chi connectivity index (χ1n) is 8.97. The van der Waals surface area contributed by atoms with E-state index in [1.165, 1.54) is 23.5 Å². The zero-order valence-electron chi connectivity index (χ0n) is 16.3. The smallest absolute Gasteiger partial charge is 0.325 e. The van der Waals surface area contributed by atoms with Crippen LogP contribution in [0.1, 0.15) is 12.5 Å². The van der Waals surface area contributed by atoms with E-state index in [9.17, 15) is 18.0 Å². The molecule has 0 saturated carbocycles. The van der Waals surface area contributed by atoms with Gasteiger partial charge in [-0.1, -0.05) is 29.0 Å². The van der Waals surface area contributed by atoms with Gasteiger partial charge in [0.25, 0.3) is 10.0 Å². The topological polar surface area (TPSA) is 126 Å². The van der Waals surface area contributed by atoms with Crippen molar-refractivity contribution in [2.45, 2.75) is 18.7 Å². The van der Waals surface area contributed by atoms with Crippen LogP contribution in [0.2, 0.25) is 0 Å². The summed E-state index contributed by atoms with van der Waals surface area (Å²) in [7, 11) is -3.75. The average Bonchev–Trinajstić information content (AvgIpc) is 3.07. The summed E-state index contributed by atoms with van der Waals surface area (Å²) < 4.78 is 33.0. The van der Waals surface area contributed by atoms with Gasteiger partial charge in [-0.25, -0.2) is 18.2 Å². The number of amides is 2. The van der Waals surface area contributed by atoms with Crippen molar-refractivity contribution in [3.8, 4) is 0 Å². The van der Waals surface area contributed by atoms with Crippen molar-refractivity contribution in [2.24, 2.45) is 0 Å². The lowest BCUT2D eigenvalue weighted by Gasteiger charge is -2.07. The number of sulfonamides is 1. The van der Waals surface area contributed by atoms with Crippen LogP contribution in [0.3, 0.4) is 0 Å². The number of hydrogen-bond acceptors (Lipinski definition) is 7. The molecule has 0 spiro atoms. The summed E-state index contributed by atoms with van der Waals surface area (Å²) in [6, 6.07) is 10.9. The van der Waals surface area contributed by atoms with E-state index in [0.29, 0.717) is 11.2 Å². The van der Waals surface area contributed by atoms with Gasteiger partial charge in [0.1, 0.15) is 6.54 Å². The Labute approximate surface area is 177 Å². The van der Waals surface area contributed by atoms with Crippen molar-refractivity contribution in [3.63, 3.8) is 0 Å². The Morgan fingerprint density at radius 2 is 1.87 bits per heavy atom. The number of aryl methyl sites for hydroxylation is 1. The van der Waals surface area contributed by atoms with Crippen molar-refractivity contribution < 1.29 is 22.7 Å². The highest BCUT2D eigenvalue weighted by Crippen LogP contribution is 2.29. The number of benzene rings is 2. The van der Waals surface area contributed by atoms with E-state index < -0.39 is 22.0 Å². The number of rotatable bonds is 7. The first-order chi connectivity index (χ1) is 14.3. The number of anilines is 2. The molecule has 0 aliphatic rings. The molecular weight excluding hydrogens is 428 g/mol. The highest BCUT2D eigenvalue weighted by Gasteiger charge is 2.17. The Kier molecular flexibility index (Phi) is 6.53. The molecule has 11 heteroatoms. The summed E-state index contributed by atoms with van der Waals surface area (Å²) in [5, 5.41) is 5.19. The Hall–Kier alpha value is -3.18. The molecule has 0 unspecified atom stereocenters. The number of urea groups is 1. The monoisotopic (exact) mass is 448 g/mol. The lowest BCUT2D eigenvalue weighted by atomic mass is 10.2. The van der Waals surface area contributed by atoms with E-state index in [1.54, 1.807) is 37.3 Å². The number of aromatic nitrogens is 1. The molecule has 0 aliphatic heterocycles. The third-order valence-corrected chi connectivity index (χ3v) is 6.33. The molecule has 2 amide bonds. The van der Waals surface area contributed by atoms with Gasteiger partial charge in [-0.05, 0) is 44.2 Å². The summed E-state index contributed by atoms with van der Waals surface area (Å²) in [4.78, 5) is 27.6. The minimum atomic E-state index is -3.75. The molecule has 1 heterocycles. The second-order valence-electron chi connectivity index (χ2n) is 6.23.